The number of likely N-dealkylation sites (tertiary alicyclic amines) is 1. The van der Waals surface area contributed by atoms with E-state index in [2.05, 4.69) is 37.4 Å². The Hall–Kier alpha value is -4.97. The summed E-state index contributed by atoms with van der Waals surface area (Å²) < 4.78 is 6.07. The average molecular weight is 590 g/mol. The lowest BCUT2D eigenvalue weighted by atomic mass is 10.0. The number of amides is 2. The van der Waals surface area contributed by atoms with Crippen LogP contribution in [0.2, 0.25) is 0 Å². The Balaban J connectivity index is 1.04. The summed E-state index contributed by atoms with van der Waals surface area (Å²) in [5.41, 5.74) is 4.27. The number of hydrogen-bond acceptors (Lipinski definition) is 9. The fourth-order valence-electron chi connectivity index (χ4n) is 6.99. The Labute approximate surface area is 253 Å². The highest BCUT2D eigenvalue weighted by molar-refractivity contribution is 5.97. The lowest BCUT2D eigenvalue weighted by Gasteiger charge is -2.43. The predicted octanol–water partition coefficient (Wildman–Crippen LogP) is 3.62. The molecule has 6 heterocycles. The Kier molecular flexibility index (Phi) is 6.44. The summed E-state index contributed by atoms with van der Waals surface area (Å²) in [6, 6.07) is 19.4. The number of anilines is 1. The van der Waals surface area contributed by atoms with E-state index in [9.17, 15) is 9.59 Å². The molecule has 0 spiro atoms. The summed E-state index contributed by atoms with van der Waals surface area (Å²) in [5.74, 6) is 1.11. The van der Waals surface area contributed by atoms with Crippen LogP contribution in [0.1, 0.15) is 53.6 Å². The fraction of sp³-hybridized carbons (Fsp3) is 0.344. The van der Waals surface area contributed by atoms with Crippen LogP contribution >= 0.6 is 0 Å². The molecule has 3 saturated heterocycles. The highest BCUT2D eigenvalue weighted by atomic mass is 16.3. The van der Waals surface area contributed by atoms with Crippen LogP contribution in [-0.4, -0.2) is 83.5 Å². The van der Waals surface area contributed by atoms with Crippen molar-refractivity contribution in [2.75, 3.05) is 24.5 Å². The minimum Gasteiger partial charge on any atom is -0.436 e. The standard InChI is InChI=1S/C32H31N9O3/c1-38-36-30(35-37-38)29(20-6-3-2-4-7-20)39-18-23-9-10-24(19-39)41(23)32(43)26-16-21(13-14-33-26)31-34-25-17-22(11-12-27(25)44-31)40-15-5-8-28(40)42/h2-4,6-7,11-14,16-17,23-24,29H,5,8-10,15,18-19H2,1H3/t23?,24?,29-/m1/s1. The molecular formula is C32H31N9O3. The maximum atomic E-state index is 14.0. The van der Waals surface area contributed by atoms with Crippen LogP contribution in [0.4, 0.5) is 5.69 Å². The zero-order valence-corrected chi connectivity index (χ0v) is 24.3. The number of oxazole rings is 1. The lowest BCUT2D eigenvalue weighted by Crippen LogP contribution is -2.56. The van der Waals surface area contributed by atoms with Crippen molar-refractivity contribution < 1.29 is 14.0 Å². The number of fused-ring (bicyclic) bond motifs is 3. The first kappa shape index (κ1) is 26.6. The molecule has 3 fully saturated rings. The maximum Gasteiger partial charge on any atom is 0.273 e. The molecule has 2 aromatic carbocycles. The number of aryl methyl sites for hydroxylation is 1. The molecular weight excluding hydrogens is 558 g/mol. The molecule has 222 valence electrons. The van der Waals surface area contributed by atoms with E-state index in [4.69, 9.17) is 9.40 Å². The molecule has 2 amide bonds. The summed E-state index contributed by atoms with van der Waals surface area (Å²) in [7, 11) is 1.77. The van der Waals surface area contributed by atoms with Crippen LogP contribution in [0.5, 0.6) is 0 Å². The summed E-state index contributed by atoms with van der Waals surface area (Å²) in [5, 5.41) is 13.0. The highest BCUT2D eigenvalue weighted by Gasteiger charge is 2.45. The van der Waals surface area contributed by atoms with Crippen molar-refractivity contribution in [1.82, 2.24) is 40.0 Å². The van der Waals surface area contributed by atoms with Crippen molar-refractivity contribution in [3.05, 3.63) is 83.9 Å². The van der Waals surface area contributed by atoms with Crippen LogP contribution in [0, 0.1) is 0 Å². The molecule has 0 radical (unpaired) electrons. The van der Waals surface area contributed by atoms with E-state index in [-0.39, 0.29) is 29.9 Å². The normalized spacial score (nSPS) is 21.0. The topological polar surface area (TPSA) is 126 Å². The number of pyridine rings is 1. The van der Waals surface area contributed by atoms with E-state index in [0.717, 1.165) is 30.5 Å². The maximum absolute atomic E-state index is 14.0. The minimum atomic E-state index is -0.144. The quantitative estimate of drug-likeness (QED) is 0.292. The summed E-state index contributed by atoms with van der Waals surface area (Å²) in [6.45, 7) is 2.12. The van der Waals surface area contributed by atoms with Gasteiger partial charge in [0.2, 0.25) is 11.8 Å². The number of benzene rings is 2. The third kappa shape index (κ3) is 4.62. The molecule has 3 aliphatic heterocycles. The van der Waals surface area contributed by atoms with Crippen molar-refractivity contribution in [3.8, 4) is 11.5 Å². The first-order valence-corrected chi connectivity index (χ1v) is 15.0. The van der Waals surface area contributed by atoms with Crippen molar-refractivity contribution in [3.63, 3.8) is 0 Å². The third-order valence-electron chi connectivity index (χ3n) is 8.98. The Morgan fingerprint density at radius 1 is 1.02 bits per heavy atom. The van der Waals surface area contributed by atoms with Gasteiger partial charge in [0.1, 0.15) is 11.2 Å². The van der Waals surface area contributed by atoms with Gasteiger partial charge in [-0.25, -0.2) is 4.98 Å². The number of aromatic nitrogens is 6. The summed E-state index contributed by atoms with van der Waals surface area (Å²) >= 11 is 0. The van der Waals surface area contributed by atoms with E-state index < -0.39 is 0 Å². The van der Waals surface area contributed by atoms with Gasteiger partial charge in [-0.05, 0) is 60.4 Å². The molecule has 0 N–H and O–H groups in total. The molecule has 2 bridgehead atoms. The van der Waals surface area contributed by atoms with Crippen molar-refractivity contribution in [2.45, 2.75) is 43.8 Å². The second kappa shape index (κ2) is 10.6. The third-order valence-corrected chi connectivity index (χ3v) is 8.98. The zero-order chi connectivity index (χ0) is 29.8. The second-order valence-electron chi connectivity index (χ2n) is 11.8. The van der Waals surface area contributed by atoms with Crippen LogP contribution in [0.15, 0.2) is 71.3 Å². The van der Waals surface area contributed by atoms with E-state index in [1.807, 2.05) is 41.3 Å². The van der Waals surface area contributed by atoms with Gasteiger partial charge < -0.3 is 14.2 Å². The number of nitrogens with zero attached hydrogens (tertiary/aromatic N) is 9. The molecule has 8 rings (SSSR count). The largest absolute Gasteiger partial charge is 0.436 e. The van der Waals surface area contributed by atoms with Gasteiger partial charge in [0.25, 0.3) is 5.91 Å². The van der Waals surface area contributed by atoms with Crippen molar-refractivity contribution in [2.24, 2.45) is 7.05 Å². The van der Waals surface area contributed by atoms with Crippen LogP contribution in [-0.2, 0) is 11.8 Å². The van der Waals surface area contributed by atoms with E-state index >= 15 is 0 Å². The number of tetrazole rings is 1. The lowest BCUT2D eigenvalue weighted by molar-refractivity contribution is -0.117. The number of rotatable bonds is 6. The van der Waals surface area contributed by atoms with Gasteiger partial charge in [-0.3, -0.25) is 19.5 Å². The summed E-state index contributed by atoms with van der Waals surface area (Å²) in [4.78, 5) is 43.0. The smallest absolute Gasteiger partial charge is 0.273 e. The van der Waals surface area contributed by atoms with E-state index in [1.165, 1.54) is 4.80 Å². The monoisotopic (exact) mass is 589 g/mol. The van der Waals surface area contributed by atoms with Gasteiger partial charge >= 0.3 is 0 Å². The number of carbonyl (C=O) groups is 2. The first-order chi connectivity index (χ1) is 21.5. The Bertz CT molecular complexity index is 1860. The first-order valence-electron chi connectivity index (χ1n) is 15.0. The molecule has 3 aromatic heterocycles. The highest BCUT2D eigenvalue weighted by Crippen LogP contribution is 2.37. The Morgan fingerprint density at radius 3 is 2.57 bits per heavy atom. The zero-order valence-electron chi connectivity index (χ0n) is 24.3. The fourth-order valence-corrected chi connectivity index (χ4v) is 6.99. The van der Waals surface area contributed by atoms with Gasteiger partial charge in [-0.15, -0.1) is 10.2 Å². The number of carbonyl (C=O) groups excluding carboxylic acids is 2. The van der Waals surface area contributed by atoms with Crippen molar-refractivity contribution >= 4 is 28.6 Å². The molecule has 3 aliphatic rings. The van der Waals surface area contributed by atoms with E-state index in [0.29, 0.717) is 60.1 Å². The molecule has 0 saturated carbocycles. The van der Waals surface area contributed by atoms with Gasteiger partial charge in [-0.1, -0.05) is 30.3 Å². The molecule has 0 aliphatic carbocycles. The average Bonchev–Trinajstić information content (AvgIpc) is 3.83. The van der Waals surface area contributed by atoms with Crippen molar-refractivity contribution in [1.29, 1.82) is 0 Å². The molecule has 44 heavy (non-hydrogen) atoms. The Morgan fingerprint density at radius 2 is 1.84 bits per heavy atom. The van der Waals surface area contributed by atoms with Gasteiger partial charge in [0.05, 0.1) is 13.1 Å². The van der Waals surface area contributed by atoms with Gasteiger partial charge in [0, 0.05) is 55.6 Å². The van der Waals surface area contributed by atoms with Crippen LogP contribution < -0.4 is 4.90 Å². The van der Waals surface area contributed by atoms with E-state index in [1.54, 1.807) is 30.3 Å². The van der Waals surface area contributed by atoms with Gasteiger partial charge in [-0.2, -0.15) is 4.80 Å². The number of hydrogen-bond donors (Lipinski definition) is 0. The minimum absolute atomic E-state index is 0.0469. The molecule has 2 unspecified atom stereocenters. The molecule has 12 heteroatoms. The molecule has 3 atom stereocenters. The SMILES string of the molecule is Cn1nnc([C@@H](c2ccccc2)N2CC3CCC(C2)N3C(=O)c2cc(-c3nc4cc(N5CCCC5=O)ccc4o3)ccn2)n1. The van der Waals surface area contributed by atoms with Gasteiger partial charge in [0.15, 0.2) is 11.4 Å². The number of piperazine rings is 1. The van der Waals surface area contributed by atoms with Crippen LogP contribution in [0.3, 0.4) is 0 Å². The van der Waals surface area contributed by atoms with Crippen LogP contribution in [0.25, 0.3) is 22.6 Å². The summed E-state index contributed by atoms with van der Waals surface area (Å²) in [6.07, 6.45) is 4.91. The predicted molar refractivity (Wildman–Crippen MR) is 160 cm³/mol. The second-order valence-corrected chi connectivity index (χ2v) is 11.8. The molecule has 12 nitrogen and oxygen atoms in total. The molecule has 5 aromatic rings.